The van der Waals surface area contributed by atoms with Gasteiger partial charge in [0.25, 0.3) is 0 Å². The fourth-order valence-electron chi connectivity index (χ4n) is 2.00. The lowest BCUT2D eigenvalue weighted by molar-refractivity contribution is -0.688. The van der Waals surface area contributed by atoms with Crippen LogP contribution in [0.2, 0.25) is 0 Å². The van der Waals surface area contributed by atoms with Crippen molar-refractivity contribution in [3.63, 3.8) is 0 Å². The van der Waals surface area contributed by atoms with Gasteiger partial charge in [-0.15, -0.1) is 0 Å². The van der Waals surface area contributed by atoms with Crippen molar-refractivity contribution in [3.8, 4) is 0 Å². The van der Waals surface area contributed by atoms with Gasteiger partial charge in [0, 0.05) is 17.7 Å². The molecular weight excluding hydrogens is 206 g/mol. The summed E-state index contributed by atoms with van der Waals surface area (Å²) in [6, 6.07) is 15.0. The molecule has 17 heavy (non-hydrogen) atoms. The van der Waals surface area contributed by atoms with E-state index in [9.17, 15) is 0 Å². The first kappa shape index (κ1) is 11.8. The molecule has 0 aliphatic carbocycles. The van der Waals surface area contributed by atoms with Crippen molar-refractivity contribution >= 4 is 0 Å². The molecule has 1 heterocycles. The maximum Gasteiger partial charge on any atom is 0.173 e. The lowest BCUT2D eigenvalue weighted by Gasteiger charge is -2.03. The van der Waals surface area contributed by atoms with E-state index in [-0.39, 0.29) is 0 Å². The molecule has 0 saturated heterocycles. The molecule has 88 valence electrons. The Morgan fingerprint density at radius 1 is 0.882 bits per heavy atom. The van der Waals surface area contributed by atoms with E-state index in [1.807, 2.05) is 0 Å². The van der Waals surface area contributed by atoms with Gasteiger partial charge in [-0.3, -0.25) is 0 Å². The molecule has 2 rings (SSSR count). The Kier molecular flexibility index (Phi) is 3.92. The highest BCUT2D eigenvalue weighted by Crippen LogP contribution is 2.05. The van der Waals surface area contributed by atoms with Gasteiger partial charge in [0.15, 0.2) is 18.9 Å². The third-order valence-corrected chi connectivity index (χ3v) is 2.81. The zero-order valence-corrected chi connectivity index (χ0v) is 10.6. The number of nitrogens with zero attached hydrogens (tertiary/aromatic N) is 1. The monoisotopic (exact) mass is 226 g/mol. The Hall–Kier alpha value is -1.63. The van der Waals surface area contributed by atoms with Gasteiger partial charge in [0.2, 0.25) is 0 Å². The Balaban J connectivity index is 2.03. The van der Waals surface area contributed by atoms with Crippen molar-refractivity contribution in [2.45, 2.75) is 26.8 Å². The molecule has 0 radical (unpaired) electrons. The average molecular weight is 226 g/mol. The third kappa shape index (κ3) is 3.70. The fraction of sp³-hybridized carbons (Fsp3) is 0.312. The predicted molar refractivity (Wildman–Crippen MR) is 70.7 cm³/mol. The minimum absolute atomic E-state index is 0.722. The molecule has 0 N–H and O–H groups in total. The minimum Gasteiger partial charge on any atom is -0.201 e. The summed E-state index contributed by atoms with van der Waals surface area (Å²) in [7, 11) is 0. The first-order valence-electron chi connectivity index (χ1n) is 6.26. The molecular formula is C16H20N+. The fourth-order valence-corrected chi connectivity index (χ4v) is 2.00. The second-order valence-electron chi connectivity index (χ2n) is 4.96. The summed E-state index contributed by atoms with van der Waals surface area (Å²) < 4.78 is 2.22. The summed E-state index contributed by atoms with van der Waals surface area (Å²) in [5.41, 5.74) is 2.76. The quantitative estimate of drug-likeness (QED) is 0.705. The largest absolute Gasteiger partial charge is 0.201 e. The molecule has 0 aliphatic heterocycles. The van der Waals surface area contributed by atoms with Crippen molar-refractivity contribution in [3.05, 3.63) is 66.0 Å². The molecule has 0 aliphatic rings. The number of pyridine rings is 1. The van der Waals surface area contributed by atoms with Gasteiger partial charge < -0.3 is 0 Å². The standard InChI is InChI=1S/C16H20N/c1-14(2)12-15-8-10-17(11-9-15)13-16-6-4-3-5-7-16/h3-11,14H,12-13H2,1-2H3/q+1. The van der Waals surface area contributed by atoms with Crippen LogP contribution in [0.4, 0.5) is 0 Å². The molecule has 0 fully saturated rings. The zero-order chi connectivity index (χ0) is 12.1. The van der Waals surface area contributed by atoms with E-state index in [2.05, 4.69) is 73.3 Å². The highest BCUT2D eigenvalue weighted by Gasteiger charge is 2.03. The molecule has 0 unspecified atom stereocenters. The Morgan fingerprint density at radius 3 is 2.12 bits per heavy atom. The molecule has 1 aromatic heterocycles. The second-order valence-corrected chi connectivity index (χ2v) is 4.96. The first-order valence-corrected chi connectivity index (χ1v) is 6.26. The topological polar surface area (TPSA) is 3.88 Å². The van der Waals surface area contributed by atoms with E-state index < -0.39 is 0 Å². The van der Waals surface area contributed by atoms with E-state index in [1.54, 1.807) is 0 Å². The van der Waals surface area contributed by atoms with E-state index in [1.165, 1.54) is 11.1 Å². The maximum atomic E-state index is 2.25. The molecule has 0 bridgehead atoms. The van der Waals surface area contributed by atoms with Crippen LogP contribution in [0.1, 0.15) is 25.0 Å². The third-order valence-electron chi connectivity index (χ3n) is 2.81. The highest BCUT2D eigenvalue weighted by molar-refractivity contribution is 5.13. The van der Waals surface area contributed by atoms with E-state index >= 15 is 0 Å². The number of hydrogen-bond acceptors (Lipinski definition) is 0. The van der Waals surface area contributed by atoms with Gasteiger partial charge in [-0.05, 0) is 17.9 Å². The van der Waals surface area contributed by atoms with Gasteiger partial charge >= 0.3 is 0 Å². The van der Waals surface area contributed by atoms with Crippen molar-refractivity contribution in [1.82, 2.24) is 0 Å². The van der Waals surface area contributed by atoms with Crippen LogP contribution in [0.25, 0.3) is 0 Å². The smallest absolute Gasteiger partial charge is 0.173 e. The van der Waals surface area contributed by atoms with Crippen LogP contribution in [0.15, 0.2) is 54.9 Å². The minimum atomic E-state index is 0.722. The molecule has 2 aromatic rings. The average Bonchev–Trinajstić information content (AvgIpc) is 2.32. The van der Waals surface area contributed by atoms with Crippen LogP contribution in [0.3, 0.4) is 0 Å². The molecule has 0 atom stereocenters. The Morgan fingerprint density at radius 2 is 1.53 bits per heavy atom. The second kappa shape index (κ2) is 5.62. The summed E-state index contributed by atoms with van der Waals surface area (Å²) in [5, 5.41) is 0. The van der Waals surface area contributed by atoms with Crippen LogP contribution in [-0.2, 0) is 13.0 Å². The first-order chi connectivity index (χ1) is 8.24. The Labute approximate surface area is 104 Å². The van der Waals surface area contributed by atoms with Crippen molar-refractivity contribution < 1.29 is 4.57 Å². The van der Waals surface area contributed by atoms with Gasteiger partial charge in [0.05, 0.1) is 0 Å². The van der Waals surface area contributed by atoms with Gasteiger partial charge in [0.1, 0.15) is 0 Å². The van der Waals surface area contributed by atoms with E-state index in [0.717, 1.165) is 18.9 Å². The molecule has 0 amide bonds. The molecule has 1 heteroatoms. The lowest BCUT2D eigenvalue weighted by Crippen LogP contribution is -2.33. The van der Waals surface area contributed by atoms with Crippen molar-refractivity contribution in [2.24, 2.45) is 5.92 Å². The molecule has 1 nitrogen and oxygen atoms in total. The SMILES string of the molecule is CC(C)Cc1cc[n+](Cc2ccccc2)cc1. The lowest BCUT2D eigenvalue weighted by atomic mass is 10.0. The summed E-state index contributed by atoms with van der Waals surface area (Å²) in [4.78, 5) is 0. The van der Waals surface area contributed by atoms with Crippen LogP contribution < -0.4 is 4.57 Å². The molecule has 0 spiro atoms. The summed E-state index contributed by atoms with van der Waals surface area (Å²) in [6.07, 6.45) is 5.50. The van der Waals surface area contributed by atoms with E-state index in [4.69, 9.17) is 0 Å². The molecule has 0 saturated carbocycles. The number of aromatic nitrogens is 1. The van der Waals surface area contributed by atoms with E-state index in [0.29, 0.717) is 0 Å². The number of rotatable bonds is 4. The number of benzene rings is 1. The predicted octanol–water partition coefficient (Wildman–Crippen LogP) is 3.22. The van der Waals surface area contributed by atoms with Gasteiger partial charge in [-0.25, -0.2) is 4.57 Å². The van der Waals surface area contributed by atoms with Crippen LogP contribution in [0, 0.1) is 5.92 Å². The summed E-state index contributed by atoms with van der Waals surface area (Å²) in [6.45, 7) is 5.46. The Bertz CT molecular complexity index is 443. The van der Waals surface area contributed by atoms with Crippen molar-refractivity contribution in [2.75, 3.05) is 0 Å². The van der Waals surface area contributed by atoms with Crippen LogP contribution in [0.5, 0.6) is 0 Å². The van der Waals surface area contributed by atoms with Gasteiger partial charge in [-0.2, -0.15) is 0 Å². The van der Waals surface area contributed by atoms with Crippen molar-refractivity contribution in [1.29, 1.82) is 0 Å². The maximum absolute atomic E-state index is 2.25. The van der Waals surface area contributed by atoms with Crippen LogP contribution >= 0.6 is 0 Å². The van der Waals surface area contributed by atoms with Gasteiger partial charge in [-0.1, -0.05) is 44.2 Å². The van der Waals surface area contributed by atoms with Crippen LogP contribution in [-0.4, -0.2) is 0 Å². The molecule has 1 aromatic carbocycles. The summed E-state index contributed by atoms with van der Waals surface area (Å²) in [5.74, 6) is 0.722. The number of hydrogen-bond donors (Lipinski definition) is 0. The highest BCUT2D eigenvalue weighted by atomic mass is 14.9. The normalized spacial score (nSPS) is 10.8. The zero-order valence-electron chi connectivity index (χ0n) is 10.6. The summed E-state index contributed by atoms with van der Waals surface area (Å²) >= 11 is 0.